The number of nitrogens with zero attached hydrogens (tertiary/aromatic N) is 3. The molecular formula is C36H60Cl3N4Zr-2. The van der Waals surface area contributed by atoms with Gasteiger partial charge < -0.3 is 20.9 Å². The molecule has 4 nitrogen and oxygen atoms in total. The van der Waals surface area contributed by atoms with Crippen LogP contribution in [0.3, 0.4) is 0 Å². The number of piperidine rings is 1. The number of hydrogen-bond acceptors (Lipinski definition) is 2. The summed E-state index contributed by atoms with van der Waals surface area (Å²) in [6.45, 7) is 29.4. The molecule has 0 spiro atoms. The third kappa shape index (κ3) is 13.4. The zero-order valence-corrected chi connectivity index (χ0v) is 34.2. The Bertz CT molecular complexity index is 945. The average molecular weight is 746 g/mol. The molecule has 1 aliphatic heterocycles. The number of likely N-dealkylation sites (tertiary alicyclic amines) is 1. The Balaban J connectivity index is 0.000000944. The molecule has 1 aliphatic rings. The van der Waals surface area contributed by atoms with Crippen LogP contribution >= 0.6 is 25.5 Å². The van der Waals surface area contributed by atoms with Gasteiger partial charge in [-0.05, 0) is 63.5 Å². The minimum atomic E-state index is -2.13. The Morgan fingerprint density at radius 1 is 0.682 bits per heavy atom. The normalized spacial score (nSPS) is 17.0. The summed E-state index contributed by atoms with van der Waals surface area (Å²) < 4.78 is 0. The van der Waals surface area contributed by atoms with Crippen molar-refractivity contribution < 1.29 is 18.2 Å². The van der Waals surface area contributed by atoms with Gasteiger partial charge in [0.2, 0.25) is 0 Å². The van der Waals surface area contributed by atoms with E-state index in [9.17, 15) is 0 Å². The Morgan fingerprint density at radius 2 is 0.977 bits per heavy atom. The van der Waals surface area contributed by atoms with Gasteiger partial charge in [-0.25, -0.2) is 0 Å². The molecule has 44 heavy (non-hydrogen) atoms. The number of hydrogen-bond donors (Lipinski definition) is 1. The number of halogens is 3. The van der Waals surface area contributed by atoms with Crippen LogP contribution in [0.4, 0.5) is 11.4 Å². The van der Waals surface area contributed by atoms with Gasteiger partial charge in [-0.3, -0.25) is 0 Å². The van der Waals surface area contributed by atoms with Crippen molar-refractivity contribution in [2.24, 2.45) is 0 Å². The molecule has 0 aliphatic carbocycles. The van der Waals surface area contributed by atoms with Gasteiger partial charge >= 0.3 is 43.7 Å². The Labute approximate surface area is 290 Å². The third-order valence-corrected chi connectivity index (χ3v) is 8.20. The predicted molar refractivity (Wildman–Crippen MR) is 195 cm³/mol. The fourth-order valence-electron chi connectivity index (χ4n) is 5.86. The van der Waals surface area contributed by atoms with E-state index >= 15 is 0 Å². The van der Waals surface area contributed by atoms with Crippen molar-refractivity contribution in [2.45, 2.75) is 144 Å². The SMILES string of the molecule is CC(C)c1cccc(C(C)C)c1[N-]C([N-]c1c(C(C)C)cccc1C(C)C)N1C(C)CCCC1C.CCNCC.[Cl][Zr]([Cl])[Cl]. The summed E-state index contributed by atoms with van der Waals surface area (Å²) >= 11 is -2.13. The predicted octanol–water partition coefficient (Wildman–Crippen LogP) is 13.1. The topological polar surface area (TPSA) is 43.5 Å². The molecule has 0 aromatic heterocycles. The molecule has 2 aromatic carbocycles. The molecule has 2 unspecified atom stereocenters. The van der Waals surface area contributed by atoms with Gasteiger partial charge in [0, 0.05) is 12.1 Å². The fraction of sp³-hybridized carbons (Fsp3) is 0.667. The minimum absolute atomic E-state index is 0.227. The first-order valence-electron chi connectivity index (χ1n) is 16.7. The van der Waals surface area contributed by atoms with Crippen molar-refractivity contribution in [1.29, 1.82) is 0 Å². The van der Waals surface area contributed by atoms with Crippen molar-refractivity contribution >= 4 is 36.9 Å². The number of para-hydroxylation sites is 2. The Kier molecular flexibility index (Phi) is 20.5. The summed E-state index contributed by atoms with van der Waals surface area (Å²) in [5.41, 5.74) is 7.63. The summed E-state index contributed by atoms with van der Waals surface area (Å²) in [7, 11) is 15.0. The third-order valence-electron chi connectivity index (χ3n) is 8.20. The molecule has 8 heteroatoms. The molecule has 0 saturated carbocycles. The van der Waals surface area contributed by atoms with E-state index in [1.54, 1.807) is 0 Å². The van der Waals surface area contributed by atoms with Crippen LogP contribution in [0.25, 0.3) is 10.6 Å². The van der Waals surface area contributed by atoms with E-state index in [1.165, 1.54) is 41.5 Å². The molecule has 1 saturated heterocycles. The first kappa shape index (κ1) is 41.7. The monoisotopic (exact) mass is 743 g/mol. The summed E-state index contributed by atoms with van der Waals surface area (Å²) in [5, 5.41) is 14.3. The van der Waals surface area contributed by atoms with Crippen molar-refractivity contribution in [1.82, 2.24) is 10.2 Å². The molecule has 0 bridgehead atoms. The van der Waals surface area contributed by atoms with Crippen molar-refractivity contribution in [3.63, 3.8) is 0 Å². The summed E-state index contributed by atoms with van der Waals surface area (Å²) in [5.74, 6) is 1.66. The Hall–Kier alpha value is -0.287. The van der Waals surface area contributed by atoms with Crippen LogP contribution in [0.15, 0.2) is 36.4 Å². The van der Waals surface area contributed by atoms with Gasteiger partial charge in [-0.1, -0.05) is 134 Å². The van der Waals surface area contributed by atoms with Gasteiger partial charge in [0.05, 0.1) is 0 Å². The molecule has 1 heterocycles. The second-order valence-electron chi connectivity index (χ2n) is 13.0. The van der Waals surface area contributed by atoms with E-state index in [0.29, 0.717) is 35.8 Å². The zero-order valence-electron chi connectivity index (χ0n) is 29.5. The van der Waals surface area contributed by atoms with E-state index in [4.69, 9.17) is 36.2 Å². The van der Waals surface area contributed by atoms with E-state index in [1.807, 2.05) is 0 Å². The number of benzene rings is 2. The van der Waals surface area contributed by atoms with Gasteiger partial charge in [-0.2, -0.15) is 0 Å². The van der Waals surface area contributed by atoms with Crippen LogP contribution in [-0.2, 0) is 18.2 Å². The number of rotatable bonds is 11. The van der Waals surface area contributed by atoms with Crippen LogP contribution in [-0.4, -0.2) is 36.4 Å². The molecular weight excluding hydrogens is 686 g/mol. The Morgan fingerprint density at radius 3 is 1.20 bits per heavy atom. The summed E-state index contributed by atoms with van der Waals surface area (Å²) in [6.07, 6.45) is 3.47. The average Bonchev–Trinajstić information content (AvgIpc) is 2.93. The molecule has 0 amide bonds. The van der Waals surface area contributed by atoms with E-state index in [2.05, 4.69) is 130 Å². The summed E-state index contributed by atoms with van der Waals surface area (Å²) in [6, 6.07) is 14.4. The first-order chi connectivity index (χ1) is 20.7. The first-order valence-corrected chi connectivity index (χ1v) is 26.2. The standard InChI is InChI=1S/C32H49N3.C4H11N.3ClH.Zr/c1-20(2)26-16-12-17-27(21(3)4)30(26)33-32(35-24(9)14-11-15-25(35)10)34-31-28(22(5)6)18-13-19-29(31)23(7)8;1-3-5-4-2;;;;/h12-13,16-25,32H,11,14-15H2,1-10H3;5H,3-4H2,1-2H3;3*1H;/q-2;;;;;+3/p-3. The van der Waals surface area contributed by atoms with Gasteiger partial charge in [-0.15, -0.1) is 17.7 Å². The fourth-order valence-corrected chi connectivity index (χ4v) is 5.86. The molecule has 1 N–H and O–H groups in total. The van der Waals surface area contributed by atoms with Crippen LogP contribution in [0.2, 0.25) is 0 Å². The van der Waals surface area contributed by atoms with E-state index < -0.39 is 18.2 Å². The molecule has 3 rings (SSSR count). The second-order valence-corrected chi connectivity index (χ2v) is 24.2. The molecule has 0 radical (unpaired) electrons. The van der Waals surface area contributed by atoms with Crippen LogP contribution in [0.5, 0.6) is 0 Å². The van der Waals surface area contributed by atoms with Gasteiger partial charge in [0.15, 0.2) is 0 Å². The van der Waals surface area contributed by atoms with Crippen molar-refractivity contribution in [3.8, 4) is 0 Å². The van der Waals surface area contributed by atoms with Gasteiger partial charge in [0.1, 0.15) is 0 Å². The van der Waals surface area contributed by atoms with Crippen LogP contribution in [0.1, 0.15) is 148 Å². The van der Waals surface area contributed by atoms with E-state index in [0.717, 1.165) is 24.5 Å². The summed E-state index contributed by atoms with van der Waals surface area (Å²) in [4.78, 5) is 2.59. The molecule has 1 fully saturated rings. The molecule has 251 valence electrons. The van der Waals surface area contributed by atoms with Crippen LogP contribution < -0.4 is 5.32 Å². The zero-order chi connectivity index (χ0) is 33.6. The van der Waals surface area contributed by atoms with Gasteiger partial charge in [0.25, 0.3) is 0 Å². The van der Waals surface area contributed by atoms with Crippen molar-refractivity contribution in [3.05, 3.63) is 69.3 Å². The van der Waals surface area contributed by atoms with Crippen LogP contribution in [0, 0.1) is 0 Å². The maximum atomic E-state index is 5.58. The van der Waals surface area contributed by atoms with E-state index in [-0.39, 0.29) is 6.29 Å². The molecule has 2 atom stereocenters. The maximum absolute atomic E-state index is 5.58. The van der Waals surface area contributed by atoms with Crippen molar-refractivity contribution in [2.75, 3.05) is 13.1 Å². The second kappa shape index (κ2) is 21.6. The quantitative estimate of drug-likeness (QED) is 0.249. The number of nitrogens with one attached hydrogen (secondary N) is 1. The molecule has 2 aromatic rings.